The minimum Gasteiger partial charge on any atom is -0.303 e. The van der Waals surface area contributed by atoms with E-state index < -0.39 is 10.0 Å². The van der Waals surface area contributed by atoms with Gasteiger partial charge in [-0.25, -0.2) is 8.42 Å². The van der Waals surface area contributed by atoms with E-state index in [1.807, 2.05) is 0 Å². The van der Waals surface area contributed by atoms with Crippen LogP contribution in [0.3, 0.4) is 0 Å². The van der Waals surface area contributed by atoms with E-state index in [1.54, 1.807) is 7.05 Å². The van der Waals surface area contributed by atoms with Crippen molar-refractivity contribution in [2.24, 2.45) is 13.0 Å². The lowest BCUT2D eigenvalue weighted by molar-refractivity contribution is -0.112. The van der Waals surface area contributed by atoms with E-state index >= 15 is 0 Å². The number of piperidine rings is 1. The highest BCUT2D eigenvalue weighted by molar-refractivity contribution is 7.89. The first kappa shape index (κ1) is 12.3. The van der Waals surface area contributed by atoms with Gasteiger partial charge in [-0.05, 0) is 18.9 Å². The number of rotatable bonds is 3. The molecule has 1 unspecified atom stereocenters. The van der Waals surface area contributed by atoms with Gasteiger partial charge < -0.3 is 4.79 Å². The molecule has 0 saturated carbocycles. The SMILES string of the molecule is Cn1nccc1S(=O)(=O)N1CCCC(C=O)C1. The minimum atomic E-state index is -3.52. The Balaban J connectivity index is 2.27. The molecule has 0 bridgehead atoms. The van der Waals surface area contributed by atoms with Gasteiger partial charge in [-0.1, -0.05) is 0 Å². The molecule has 7 heteroatoms. The van der Waals surface area contributed by atoms with E-state index in [1.165, 1.54) is 21.3 Å². The lowest BCUT2D eigenvalue weighted by Gasteiger charge is -2.29. The molecule has 0 aromatic carbocycles. The summed E-state index contributed by atoms with van der Waals surface area (Å²) in [5.41, 5.74) is 0. The maximum Gasteiger partial charge on any atom is 0.260 e. The third-order valence-corrected chi connectivity index (χ3v) is 4.93. The predicted octanol–water partition coefficient (Wildman–Crippen LogP) is 0.0197. The Morgan fingerprint density at radius 1 is 1.53 bits per heavy atom. The Labute approximate surface area is 100 Å². The topological polar surface area (TPSA) is 72.3 Å². The Kier molecular flexibility index (Phi) is 3.30. The third kappa shape index (κ3) is 2.25. The zero-order chi connectivity index (χ0) is 12.5. The Morgan fingerprint density at radius 3 is 2.88 bits per heavy atom. The molecule has 94 valence electrons. The van der Waals surface area contributed by atoms with Crippen LogP contribution in [0.1, 0.15) is 12.8 Å². The summed E-state index contributed by atoms with van der Waals surface area (Å²) in [5, 5.41) is 4.03. The van der Waals surface area contributed by atoms with Crippen LogP contribution in [-0.2, 0) is 21.9 Å². The monoisotopic (exact) mass is 257 g/mol. The van der Waals surface area contributed by atoms with Crippen LogP contribution >= 0.6 is 0 Å². The van der Waals surface area contributed by atoms with Crippen molar-refractivity contribution in [2.75, 3.05) is 13.1 Å². The van der Waals surface area contributed by atoms with Gasteiger partial charge in [-0.2, -0.15) is 9.40 Å². The molecule has 2 rings (SSSR count). The summed E-state index contributed by atoms with van der Waals surface area (Å²) in [6, 6.07) is 1.47. The molecule has 1 aromatic rings. The first-order valence-corrected chi connectivity index (χ1v) is 6.93. The molecular weight excluding hydrogens is 242 g/mol. The molecular formula is C10H15N3O3S. The van der Waals surface area contributed by atoms with Crippen LogP contribution in [-0.4, -0.2) is 41.9 Å². The van der Waals surface area contributed by atoms with E-state index in [0.717, 1.165) is 19.1 Å². The van der Waals surface area contributed by atoms with Crippen LogP contribution in [0.4, 0.5) is 0 Å². The third-order valence-electron chi connectivity index (χ3n) is 2.99. The second-order valence-electron chi connectivity index (χ2n) is 4.19. The fourth-order valence-corrected chi connectivity index (χ4v) is 3.69. The summed E-state index contributed by atoms with van der Waals surface area (Å²) in [6.45, 7) is 0.745. The summed E-state index contributed by atoms with van der Waals surface area (Å²) in [4.78, 5) is 10.7. The van der Waals surface area contributed by atoms with E-state index in [-0.39, 0.29) is 17.5 Å². The number of aldehydes is 1. The average molecular weight is 257 g/mol. The number of nitrogens with zero attached hydrogens (tertiary/aromatic N) is 3. The average Bonchev–Trinajstić information content (AvgIpc) is 2.76. The molecule has 1 fully saturated rings. The van der Waals surface area contributed by atoms with E-state index in [4.69, 9.17) is 0 Å². The highest BCUT2D eigenvalue weighted by Gasteiger charge is 2.31. The van der Waals surface area contributed by atoms with Crippen LogP contribution in [0, 0.1) is 5.92 Å². The van der Waals surface area contributed by atoms with Crippen LogP contribution in [0.15, 0.2) is 17.3 Å². The summed E-state index contributed by atoms with van der Waals surface area (Å²) in [7, 11) is -1.93. The van der Waals surface area contributed by atoms with E-state index in [0.29, 0.717) is 6.54 Å². The Morgan fingerprint density at radius 2 is 2.29 bits per heavy atom. The van der Waals surface area contributed by atoms with Gasteiger partial charge in [0.2, 0.25) is 0 Å². The summed E-state index contributed by atoms with van der Waals surface area (Å²) < 4.78 is 27.3. The van der Waals surface area contributed by atoms with E-state index in [9.17, 15) is 13.2 Å². The number of aryl methyl sites for hydroxylation is 1. The van der Waals surface area contributed by atoms with Gasteiger partial charge in [-0.15, -0.1) is 0 Å². The number of aromatic nitrogens is 2. The number of sulfonamides is 1. The maximum absolute atomic E-state index is 12.3. The van der Waals surface area contributed by atoms with Crippen molar-refractivity contribution in [3.05, 3.63) is 12.3 Å². The van der Waals surface area contributed by atoms with Gasteiger partial charge in [-0.3, -0.25) is 4.68 Å². The zero-order valence-electron chi connectivity index (χ0n) is 9.61. The van der Waals surface area contributed by atoms with Crippen LogP contribution in [0.25, 0.3) is 0 Å². The zero-order valence-corrected chi connectivity index (χ0v) is 10.4. The van der Waals surface area contributed by atoms with Gasteiger partial charge in [0.1, 0.15) is 6.29 Å². The molecule has 0 radical (unpaired) electrons. The molecule has 0 amide bonds. The van der Waals surface area contributed by atoms with Crippen molar-refractivity contribution in [1.82, 2.24) is 14.1 Å². The Bertz CT molecular complexity index is 509. The standard InChI is InChI=1S/C10H15N3O3S/c1-12-10(4-5-11-12)17(15,16)13-6-2-3-9(7-13)8-14/h4-5,8-9H,2-3,6-7H2,1H3. The van der Waals surface area contributed by atoms with Crippen molar-refractivity contribution in [3.8, 4) is 0 Å². The number of hydrogen-bond acceptors (Lipinski definition) is 4. The van der Waals surface area contributed by atoms with Crippen LogP contribution in [0.2, 0.25) is 0 Å². The maximum atomic E-state index is 12.3. The smallest absolute Gasteiger partial charge is 0.260 e. The number of carbonyl (C=O) groups is 1. The molecule has 0 aliphatic carbocycles. The van der Waals surface area contributed by atoms with Crippen molar-refractivity contribution in [1.29, 1.82) is 0 Å². The van der Waals surface area contributed by atoms with Crippen molar-refractivity contribution in [3.63, 3.8) is 0 Å². The van der Waals surface area contributed by atoms with Gasteiger partial charge >= 0.3 is 0 Å². The van der Waals surface area contributed by atoms with Gasteiger partial charge in [0.15, 0.2) is 5.03 Å². The lowest BCUT2D eigenvalue weighted by Crippen LogP contribution is -2.40. The molecule has 0 spiro atoms. The summed E-state index contributed by atoms with van der Waals surface area (Å²) in [5.74, 6) is -0.188. The quantitative estimate of drug-likeness (QED) is 0.716. The van der Waals surface area contributed by atoms with Gasteiger partial charge in [0.05, 0.1) is 6.20 Å². The highest BCUT2D eigenvalue weighted by Crippen LogP contribution is 2.22. The molecule has 2 heterocycles. The second-order valence-corrected chi connectivity index (χ2v) is 6.08. The summed E-state index contributed by atoms with van der Waals surface area (Å²) >= 11 is 0. The van der Waals surface area contributed by atoms with E-state index in [2.05, 4.69) is 5.10 Å². The lowest BCUT2D eigenvalue weighted by atomic mass is 10.0. The molecule has 1 aromatic heterocycles. The molecule has 6 nitrogen and oxygen atoms in total. The molecule has 1 aliphatic rings. The fraction of sp³-hybridized carbons (Fsp3) is 0.600. The van der Waals surface area contributed by atoms with Crippen LogP contribution in [0.5, 0.6) is 0 Å². The second kappa shape index (κ2) is 4.58. The van der Waals surface area contributed by atoms with Crippen LogP contribution < -0.4 is 0 Å². The first-order chi connectivity index (χ1) is 8.05. The van der Waals surface area contributed by atoms with Gasteiger partial charge in [0, 0.05) is 26.1 Å². The summed E-state index contributed by atoms with van der Waals surface area (Å²) in [6.07, 6.45) is 3.78. The molecule has 0 N–H and O–H groups in total. The highest BCUT2D eigenvalue weighted by atomic mass is 32.2. The van der Waals surface area contributed by atoms with Crippen molar-refractivity contribution in [2.45, 2.75) is 17.9 Å². The molecule has 1 atom stereocenters. The predicted molar refractivity (Wildman–Crippen MR) is 60.8 cm³/mol. The van der Waals surface area contributed by atoms with Gasteiger partial charge in [0.25, 0.3) is 10.0 Å². The molecule has 17 heavy (non-hydrogen) atoms. The Hall–Kier alpha value is -1.21. The first-order valence-electron chi connectivity index (χ1n) is 5.49. The minimum absolute atomic E-state index is 0.170. The largest absolute Gasteiger partial charge is 0.303 e. The van der Waals surface area contributed by atoms with Crippen molar-refractivity contribution < 1.29 is 13.2 Å². The normalized spacial score (nSPS) is 22.5. The number of hydrogen-bond donors (Lipinski definition) is 0. The fourth-order valence-electron chi connectivity index (χ4n) is 2.05. The molecule has 1 saturated heterocycles. The van der Waals surface area contributed by atoms with Crippen molar-refractivity contribution >= 4 is 16.3 Å². The number of carbonyl (C=O) groups excluding carboxylic acids is 1. The molecule has 1 aliphatic heterocycles.